The summed E-state index contributed by atoms with van der Waals surface area (Å²) in [5, 5.41) is 13.2. The molecule has 1 aliphatic carbocycles. The lowest BCUT2D eigenvalue weighted by Gasteiger charge is -2.13. The smallest absolute Gasteiger partial charge is 0.398 e. The molecule has 0 saturated carbocycles. The van der Waals surface area contributed by atoms with Crippen LogP contribution in [-0.2, 0) is 12.6 Å². The van der Waals surface area contributed by atoms with Crippen molar-refractivity contribution >= 4 is 17.2 Å². The summed E-state index contributed by atoms with van der Waals surface area (Å²) in [6, 6.07) is 10.5. The van der Waals surface area contributed by atoms with E-state index in [-0.39, 0.29) is 5.69 Å². The lowest BCUT2D eigenvalue weighted by molar-refractivity contribution is -0.137. The average molecular weight is 386 g/mol. The molecule has 0 bridgehead atoms. The molecule has 0 aliphatic heterocycles. The van der Waals surface area contributed by atoms with Crippen LogP contribution in [0.5, 0.6) is 0 Å². The van der Waals surface area contributed by atoms with Crippen LogP contribution in [-0.4, -0.2) is 15.1 Å². The second-order valence-corrected chi connectivity index (χ2v) is 6.64. The van der Waals surface area contributed by atoms with Crippen LogP contribution in [0.3, 0.4) is 0 Å². The van der Waals surface area contributed by atoms with Gasteiger partial charge >= 0.3 is 6.18 Å². The molecule has 1 unspecified atom stereocenters. The Bertz CT molecular complexity index is 1040. The molecular formula is C20H17F3N4O. The SMILES string of the molecule is Nc1cc(C(F)(F)F)ccc1-c1cc(Nc2cccc3c2CCC3O)ncn1. The number of aromatic nitrogens is 2. The number of nitrogens with two attached hydrogens (primary N) is 1. The number of alkyl halides is 3. The molecule has 4 N–H and O–H groups in total. The van der Waals surface area contributed by atoms with Crippen LogP contribution in [0.15, 0.2) is 48.8 Å². The molecule has 2 aromatic carbocycles. The second-order valence-electron chi connectivity index (χ2n) is 6.64. The number of benzene rings is 2. The third-order valence-electron chi connectivity index (χ3n) is 4.82. The van der Waals surface area contributed by atoms with Gasteiger partial charge in [-0.05, 0) is 42.2 Å². The quantitative estimate of drug-likeness (QED) is 0.579. The number of hydrogen-bond donors (Lipinski definition) is 3. The largest absolute Gasteiger partial charge is 0.416 e. The highest BCUT2D eigenvalue weighted by Crippen LogP contribution is 2.37. The van der Waals surface area contributed by atoms with Gasteiger partial charge in [-0.3, -0.25) is 0 Å². The number of aliphatic hydroxyl groups is 1. The number of rotatable bonds is 3. The van der Waals surface area contributed by atoms with Crippen LogP contribution < -0.4 is 11.1 Å². The molecule has 144 valence electrons. The number of nitrogens with one attached hydrogen (secondary N) is 1. The van der Waals surface area contributed by atoms with Crippen molar-refractivity contribution in [1.29, 1.82) is 0 Å². The standard InChI is InChI=1S/C20H17F3N4O/c21-20(22,23)11-4-5-14(15(24)8-11)17-9-19(26-10-25-17)27-16-3-1-2-13-12(16)6-7-18(13)28/h1-5,8-10,18,28H,6-7,24H2,(H,25,26,27). The second kappa shape index (κ2) is 6.79. The van der Waals surface area contributed by atoms with Gasteiger partial charge < -0.3 is 16.2 Å². The van der Waals surface area contributed by atoms with Crippen LogP contribution in [0.25, 0.3) is 11.3 Å². The van der Waals surface area contributed by atoms with Gasteiger partial charge in [-0.15, -0.1) is 0 Å². The molecule has 0 fully saturated rings. The summed E-state index contributed by atoms with van der Waals surface area (Å²) >= 11 is 0. The molecule has 4 rings (SSSR count). The lowest BCUT2D eigenvalue weighted by Crippen LogP contribution is -2.06. The maximum atomic E-state index is 12.8. The maximum Gasteiger partial charge on any atom is 0.416 e. The number of nitrogen functional groups attached to an aromatic ring is 1. The molecule has 5 nitrogen and oxygen atoms in total. The van der Waals surface area contributed by atoms with E-state index in [2.05, 4.69) is 15.3 Å². The Morgan fingerprint density at radius 2 is 1.93 bits per heavy atom. The Labute approximate surface area is 159 Å². The first-order valence-electron chi connectivity index (χ1n) is 8.69. The van der Waals surface area contributed by atoms with Crippen molar-refractivity contribution in [2.45, 2.75) is 25.1 Å². The number of anilines is 3. The normalized spacial score (nSPS) is 16.1. The van der Waals surface area contributed by atoms with E-state index in [1.54, 1.807) is 6.07 Å². The summed E-state index contributed by atoms with van der Waals surface area (Å²) in [4.78, 5) is 8.32. The molecule has 0 saturated heterocycles. The van der Waals surface area contributed by atoms with E-state index in [9.17, 15) is 18.3 Å². The minimum absolute atomic E-state index is 0.0109. The Morgan fingerprint density at radius 1 is 1.11 bits per heavy atom. The first-order valence-corrected chi connectivity index (χ1v) is 8.69. The van der Waals surface area contributed by atoms with Crippen LogP contribution in [0.4, 0.5) is 30.4 Å². The number of hydrogen-bond acceptors (Lipinski definition) is 5. The fourth-order valence-corrected chi connectivity index (χ4v) is 3.43. The predicted octanol–water partition coefficient (Wildman–Crippen LogP) is 4.47. The summed E-state index contributed by atoms with van der Waals surface area (Å²) in [5.41, 5.74) is 8.58. The van der Waals surface area contributed by atoms with Crippen LogP contribution in [0.1, 0.15) is 29.2 Å². The van der Waals surface area contributed by atoms with Crippen LogP contribution in [0.2, 0.25) is 0 Å². The third-order valence-corrected chi connectivity index (χ3v) is 4.82. The molecule has 0 amide bonds. The van der Waals surface area contributed by atoms with E-state index in [1.807, 2.05) is 18.2 Å². The van der Waals surface area contributed by atoms with Gasteiger partial charge in [0.25, 0.3) is 0 Å². The highest BCUT2D eigenvalue weighted by molar-refractivity contribution is 5.76. The van der Waals surface area contributed by atoms with Crippen molar-refractivity contribution in [3.63, 3.8) is 0 Å². The predicted molar refractivity (Wildman–Crippen MR) is 99.9 cm³/mol. The molecule has 0 spiro atoms. The first kappa shape index (κ1) is 18.2. The van der Waals surface area contributed by atoms with Gasteiger partial charge in [0, 0.05) is 23.0 Å². The van der Waals surface area contributed by atoms with Crippen LogP contribution >= 0.6 is 0 Å². The Hall–Kier alpha value is -3.13. The third kappa shape index (κ3) is 3.38. The molecule has 0 radical (unpaired) electrons. The summed E-state index contributed by atoms with van der Waals surface area (Å²) in [6.45, 7) is 0. The molecule has 8 heteroatoms. The highest BCUT2D eigenvalue weighted by atomic mass is 19.4. The van der Waals surface area contributed by atoms with E-state index in [0.29, 0.717) is 23.5 Å². The number of halogens is 3. The monoisotopic (exact) mass is 386 g/mol. The van der Waals surface area contributed by atoms with Crippen molar-refractivity contribution in [1.82, 2.24) is 9.97 Å². The zero-order valence-corrected chi connectivity index (χ0v) is 14.7. The Kier molecular flexibility index (Phi) is 4.43. The average Bonchev–Trinajstić information content (AvgIpc) is 3.03. The molecular weight excluding hydrogens is 369 g/mol. The Balaban J connectivity index is 1.65. The van der Waals surface area contributed by atoms with Crippen molar-refractivity contribution in [2.24, 2.45) is 0 Å². The maximum absolute atomic E-state index is 12.8. The van der Waals surface area contributed by atoms with Gasteiger partial charge in [0.2, 0.25) is 0 Å². The molecule has 1 aromatic heterocycles. The zero-order valence-electron chi connectivity index (χ0n) is 14.7. The van der Waals surface area contributed by atoms with Gasteiger partial charge in [0.05, 0.1) is 17.4 Å². The minimum Gasteiger partial charge on any atom is -0.398 e. The van der Waals surface area contributed by atoms with Gasteiger partial charge in [0.15, 0.2) is 0 Å². The lowest BCUT2D eigenvalue weighted by atomic mass is 10.1. The zero-order chi connectivity index (χ0) is 19.9. The van der Waals surface area contributed by atoms with Gasteiger partial charge in [-0.2, -0.15) is 13.2 Å². The van der Waals surface area contributed by atoms with Gasteiger partial charge in [-0.25, -0.2) is 9.97 Å². The van der Waals surface area contributed by atoms with E-state index in [1.165, 1.54) is 12.4 Å². The number of fused-ring (bicyclic) bond motifs is 1. The Morgan fingerprint density at radius 3 is 2.68 bits per heavy atom. The van der Waals surface area contributed by atoms with E-state index in [4.69, 9.17) is 5.73 Å². The fourth-order valence-electron chi connectivity index (χ4n) is 3.43. The minimum atomic E-state index is -4.46. The van der Waals surface area contributed by atoms with E-state index in [0.717, 1.165) is 35.4 Å². The highest BCUT2D eigenvalue weighted by Gasteiger charge is 2.31. The molecule has 1 heterocycles. The summed E-state index contributed by atoms with van der Waals surface area (Å²) in [5.74, 6) is 0.485. The van der Waals surface area contributed by atoms with Gasteiger partial charge in [0.1, 0.15) is 12.1 Å². The fraction of sp³-hybridized carbons (Fsp3) is 0.200. The van der Waals surface area contributed by atoms with Crippen molar-refractivity contribution in [2.75, 3.05) is 11.1 Å². The van der Waals surface area contributed by atoms with Crippen LogP contribution in [0, 0.1) is 0 Å². The van der Waals surface area contributed by atoms with Crippen molar-refractivity contribution in [3.05, 3.63) is 65.5 Å². The topological polar surface area (TPSA) is 84.1 Å². The van der Waals surface area contributed by atoms with E-state index >= 15 is 0 Å². The molecule has 28 heavy (non-hydrogen) atoms. The van der Waals surface area contributed by atoms with E-state index < -0.39 is 17.8 Å². The first-order chi connectivity index (χ1) is 13.3. The molecule has 1 aliphatic rings. The molecule has 3 aromatic rings. The van der Waals surface area contributed by atoms with Crippen molar-refractivity contribution < 1.29 is 18.3 Å². The molecule has 1 atom stereocenters. The van der Waals surface area contributed by atoms with Crippen molar-refractivity contribution in [3.8, 4) is 11.3 Å². The number of nitrogens with zero attached hydrogens (tertiary/aromatic N) is 2. The summed E-state index contributed by atoms with van der Waals surface area (Å²) < 4.78 is 38.5. The van der Waals surface area contributed by atoms with Gasteiger partial charge in [-0.1, -0.05) is 18.2 Å². The number of aliphatic hydroxyl groups excluding tert-OH is 1. The summed E-state index contributed by atoms with van der Waals surface area (Å²) in [7, 11) is 0. The summed E-state index contributed by atoms with van der Waals surface area (Å²) in [6.07, 6.45) is -2.17.